The van der Waals surface area contributed by atoms with E-state index in [1.165, 1.54) is 0 Å². The van der Waals surface area contributed by atoms with Crippen LogP contribution in [0, 0.1) is 18.8 Å². The second kappa shape index (κ2) is 6.52. The summed E-state index contributed by atoms with van der Waals surface area (Å²) >= 11 is 0. The lowest BCUT2D eigenvalue weighted by molar-refractivity contribution is -0.138. The van der Waals surface area contributed by atoms with E-state index in [-0.39, 0.29) is 5.91 Å². The van der Waals surface area contributed by atoms with Gasteiger partial charge in [-0.05, 0) is 25.0 Å². The van der Waals surface area contributed by atoms with Gasteiger partial charge in [0.05, 0.1) is 0 Å². The molecule has 2 aromatic rings. The van der Waals surface area contributed by atoms with Crippen molar-refractivity contribution >= 4 is 5.91 Å². The Morgan fingerprint density at radius 2 is 2.00 bits per heavy atom. The molecule has 1 aliphatic heterocycles. The van der Waals surface area contributed by atoms with Crippen molar-refractivity contribution in [1.82, 2.24) is 19.4 Å². The largest absolute Gasteiger partial charge is 0.342 e. The maximum absolute atomic E-state index is 12.0. The van der Waals surface area contributed by atoms with Gasteiger partial charge in [-0.2, -0.15) is 0 Å². The lowest BCUT2D eigenvalue weighted by atomic mass is 9.98. The second-order valence-electron chi connectivity index (χ2n) is 6.83. The summed E-state index contributed by atoms with van der Waals surface area (Å²) in [6.07, 6.45) is 6.15. The lowest BCUT2D eigenvalue weighted by Crippen LogP contribution is -2.51. The van der Waals surface area contributed by atoms with Gasteiger partial charge in [-0.1, -0.05) is 13.8 Å². The highest BCUT2D eigenvalue weighted by atomic mass is 16.2. The Hall–Kier alpha value is -2.17. The molecular weight excluding hydrogens is 288 g/mol. The molecule has 3 rings (SSSR count). The zero-order valence-corrected chi connectivity index (χ0v) is 14.1. The van der Waals surface area contributed by atoms with Crippen molar-refractivity contribution in [2.45, 2.75) is 33.7 Å². The Bertz CT molecular complexity index is 672. The van der Waals surface area contributed by atoms with Crippen LogP contribution >= 0.6 is 0 Å². The highest BCUT2D eigenvalue weighted by Crippen LogP contribution is 2.24. The van der Waals surface area contributed by atoms with Crippen molar-refractivity contribution in [1.29, 1.82) is 0 Å². The molecule has 0 radical (unpaired) electrons. The monoisotopic (exact) mass is 312 g/mol. The lowest BCUT2D eigenvalue weighted by Gasteiger charge is -2.40. The van der Waals surface area contributed by atoms with E-state index < -0.39 is 0 Å². The van der Waals surface area contributed by atoms with Crippen LogP contribution in [0.2, 0.25) is 0 Å². The summed E-state index contributed by atoms with van der Waals surface area (Å²) in [7, 11) is 0. The van der Waals surface area contributed by atoms with E-state index in [2.05, 4.69) is 35.3 Å². The Morgan fingerprint density at radius 3 is 2.65 bits per heavy atom. The number of aromatic nitrogens is 3. The first-order chi connectivity index (χ1) is 11.0. The number of hydrogen-bond acceptors (Lipinski definition) is 3. The molecule has 0 saturated carbocycles. The molecular formula is C18H24N4O. The van der Waals surface area contributed by atoms with Gasteiger partial charge in [-0.25, -0.2) is 4.98 Å². The summed E-state index contributed by atoms with van der Waals surface area (Å²) in [4.78, 5) is 22.6. The number of hydrogen-bond donors (Lipinski definition) is 0. The fourth-order valence-electron chi connectivity index (χ4n) is 3.05. The number of pyridine rings is 1. The molecule has 0 spiro atoms. The van der Waals surface area contributed by atoms with Gasteiger partial charge in [0.15, 0.2) is 0 Å². The molecule has 2 aromatic heterocycles. The number of carbonyl (C=O) groups is 1. The van der Waals surface area contributed by atoms with Crippen LogP contribution in [0.25, 0.3) is 11.4 Å². The molecule has 5 heteroatoms. The smallest absolute Gasteiger partial charge is 0.222 e. The predicted octanol–water partition coefficient (Wildman–Crippen LogP) is 2.76. The maximum atomic E-state index is 12.0. The molecule has 1 amide bonds. The fraction of sp³-hybridized carbons (Fsp3) is 0.500. The summed E-state index contributed by atoms with van der Waals surface area (Å²) in [5.41, 5.74) is 2.24. The van der Waals surface area contributed by atoms with Crippen molar-refractivity contribution in [3.8, 4) is 11.4 Å². The first-order valence-corrected chi connectivity index (χ1v) is 8.25. The average molecular weight is 312 g/mol. The van der Waals surface area contributed by atoms with Gasteiger partial charge in [0.1, 0.15) is 5.82 Å². The summed E-state index contributed by atoms with van der Waals surface area (Å²) in [6, 6.07) is 3.97. The van der Waals surface area contributed by atoms with Crippen molar-refractivity contribution in [3.05, 3.63) is 36.4 Å². The number of carbonyl (C=O) groups excluding carboxylic acids is 1. The van der Waals surface area contributed by atoms with E-state index in [1.807, 2.05) is 23.2 Å². The highest BCUT2D eigenvalue weighted by Gasteiger charge is 2.31. The van der Waals surface area contributed by atoms with E-state index >= 15 is 0 Å². The number of rotatable bonds is 5. The van der Waals surface area contributed by atoms with Crippen LogP contribution in [0.5, 0.6) is 0 Å². The zero-order valence-electron chi connectivity index (χ0n) is 14.1. The van der Waals surface area contributed by atoms with Crippen LogP contribution in [-0.2, 0) is 11.3 Å². The number of nitrogens with zero attached hydrogens (tertiary/aromatic N) is 4. The third kappa shape index (κ3) is 3.44. The van der Waals surface area contributed by atoms with Crippen molar-refractivity contribution in [2.24, 2.45) is 11.8 Å². The Morgan fingerprint density at radius 1 is 1.30 bits per heavy atom. The van der Waals surface area contributed by atoms with Crippen molar-refractivity contribution in [2.75, 3.05) is 13.1 Å². The number of aryl methyl sites for hydroxylation is 1. The topological polar surface area (TPSA) is 51.0 Å². The third-order valence-corrected chi connectivity index (χ3v) is 4.33. The molecule has 1 saturated heterocycles. The van der Waals surface area contributed by atoms with E-state index in [0.717, 1.165) is 36.7 Å². The molecule has 5 nitrogen and oxygen atoms in total. The zero-order chi connectivity index (χ0) is 16.4. The SMILES string of the molecule is Cc1cnc(-c2ccncc2)n1CC1CN(C(=O)CC(C)C)C1. The van der Waals surface area contributed by atoms with Gasteiger partial charge in [-0.15, -0.1) is 0 Å². The number of imidazole rings is 1. The second-order valence-corrected chi connectivity index (χ2v) is 6.83. The predicted molar refractivity (Wildman–Crippen MR) is 89.7 cm³/mol. The molecule has 23 heavy (non-hydrogen) atoms. The van der Waals surface area contributed by atoms with Crippen molar-refractivity contribution in [3.63, 3.8) is 0 Å². The first-order valence-electron chi connectivity index (χ1n) is 8.25. The van der Waals surface area contributed by atoms with Crippen molar-refractivity contribution < 1.29 is 4.79 Å². The van der Waals surface area contributed by atoms with Crippen LogP contribution in [0.3, 0.4) is 0 Å². The van der Waals surface area contributed by atoms with Gasteiger partial charge in [0.25, 0.3) is 0 Å². The van der Waals surface area contributed by atoms with E-state index in [0.29, 0.717) is 18.3 Å². The molecule has 0 bridgehead atoms. The molecule has 1 aliphatic rings. The summed E-state index contributed by atoms with van der Waals surface area (Å²) in [5.74, 6) is 2.21. The van der Waals surface area contributed by atoms with E-state index in [9.17, 15) is 4.79 Å². The van der Waals surface area contributed by atoms with Crippen LogP contribution in [0.1, 0.15) is 26.0 Å². The Kier molecular flexibility index (Phi) is 4.46. The van der Waals surface area contributed by atoms with E-state index in [4.69, 9.17) is 0 Å². The molecule has 0 aliphatic carbocycles. The molecule has 1 fully saturated rings. The van der Waals surface area contributed by atoms with Gasteiger partial charge >= 0.3 is 0 Å². The van der Waals surface area contributed by atoms with Crippen LogP contribution in [-0.4, -0.2) is 38.4 Å². The number of amides is 1. The van der Waals surface area contributed by atoms with Gasteiger partial charge in [-0.3, -0.25) is 9.78 Å². The molecule has 0 unspecified atom stereocenters. The fourth-order valence-corrected chi connectivity index (χ4v) is 3.05. The molecule has 0 atom stereocenters. The summed E-state index contributed by atoms with van der Waals surface area (Å²) < 4.78 is 2.25. The minimum absolute atomic E-state index is 0.285. The standard InChI is InChI=1S/C18H24N4O/c1-13(2)8-17(23)21-10-15(11-21)12-22-14(3)9-20-18(22)16-4-6-19-7-5-16/h4-7,9,13,15H,8,10-12H2,1-3H3. The first kappa shape index (κ1) is 15.7. The van der Waals surface area contributed by atoms with Gasteiger partial charge < -0.3 is 9.47 Å². The Labute approximate surface area is 137 Å². The average Bonchev–Trinajstić information content (AvgIpc) is 2.83. The van der Waals surface area contributed by atoms with E-state index in [1.54, 1.807) is 12.4 Å². The minimum Gasteiger partial charge on any atom is -0.342 e. The van der Waals surface area contributed by atoms with Crippen LogP contribution in [0.15, 0.2) is 30.7 Å². The van der Waals surface area contributed by atoms with Crippen LogP contribution < -0.4 is 0 Å². The van der Waals surface area contributed by atoms with Gasteiger partial charge in [0, 0.05) is 61.8 Å². The number of likely N-dealkylation sites (tertiary alicyclic amines) is 1. The normalized spacial score (nSPS) is 15.0. The molecule has 122 valence electrons. The Balaban J connectivity index is 1.65. The third-order valence-electron chi connectivity index (χ3n) is 4.33. The van der Waals surface area contributed by atoms with Gasteiger partial charge in [0.2, 0.25) is 5.91 Å². The summed E-state index contributed by atoms with van der Waals surface area (Å²) in [6.45, 7) is 8.89. The molecule has 0 N–H and O–H groups in total. The maximum Gasteiger partial charge on any atom is 0.222 e. The summed E-state index contributed by atoms with van der Waals surface area (Å²) in [5, 5.41) is 0. The quantitative estimate of drug-likeness (QED) is 0.853. The molecule has 0 aromatic carbocycles. The molecule has 3 heterocycles. The van der Waals surface area contributed by atoms with Crippen LogP contribution in [0.4, 0.5) is 0 Å². The highest BCUT2D eigenvalue weighted by molar-refractivity contribution is 5.77. The minimum atomic E-state index is 0.285.